The molecule has 0 radical (unpaired) electrons. The molecule has 0 atom stereocenters. The van der Waals surface area contributed by atoms with Crippen LogP contribution >= 0.6 is 0 Å². The second-order valence-electron chi connectivity index (χ2n) is 8.29. The standard InChI is InChI=1S/C26H38N4/c1-3-5-7-9-17-27-19-23-15-13-21-11-12-22-14-16-24(30-26(22)25(21)29-23)20-28-18-10-8-6-4-2/h11-16,27-28H,3-10,17-20H2,1-2H3. The quantitative estimate of drug-likeness (QED) is 0.250. The fraction of sp³-hybridized carbons (Fsp3) is 0.538. The van der Waals surface area contributed by atoms with Crippen LogP contribution in [0, 0.1) is 0 Å². The molecule has 0 saturated carbocycles. The second-order valence-corrected chi connectivity index (χ2v) is 8.29. The summed E-state index contributed by atoms with van der Waals surface area (Å²) in [6, 6.07) is 12.9. The number of benzene rings is 1. The minimum absolute atomic E-state index is 0.817. The van der Waals surface area contributed by atoms with Crippen molar-refractivity contribution in [1.29, 1.82) is 0 Å². The number of hydrogen-bond acceptors (Lipinski definition) is 4. The third-order valence-electron chi connectivity index (χ3n) is 5.66. The number of nitrogens with zero attached hydrogens (tertiary/aromatic N) is 2. The van der Waals surface area contributed by atoms with Gasteiger partial charge in [0.1, 0.15) is 0 Å². The van der Waals surface area contributed by atoms with Crippen LogP contribution in [0.25, 0.3) is 21.8 Å². The largest absolute Gasteiger partial charge is 0.311 e. The molecule has 0 unspecified atom stereocenters. The van der Waals surface area contributed by atoms with Crippen molar-refractivity contribution in [3.05, 3.63) is 47.8 Å². The molecule has 30 heavy (non-hydrogen) atoms. The average molecular weight is 407 g/mol. The normalized spacial score (nSPS) is 11.5. The smallest absolute Gasteiger partial charge is 0.0968 e. The Bertz CT molecular complexity index is 831. The van der Waals surface area contributed by atoms with E-state index in [1.807, 2.05) is 0 Å². The molecule has 2 N–H and O–H groups in total. The summed E-state index contributed by atoms with van der Waals surface area (Å²) in [4.78, 5) is 9.93. The Morgan fingerprint density at radius 1 is 0.567 bits per heavy atom. The maximum atomic E-state index is 4.96. The predicted molar refractivity (Wildman–Crippen MR) is 129 cm³/mol. The van der Waals surface area contributed by atoms with Gasteiger partial charge in [-0.05, 0) is 38.1 Å². The Morgan fingerprint density at radius 2 is 1.00 bits per heavy atom. The van der Waals surface area contributed by atoms with Crippen molar-refractivity contribution in [2.45, 2.75) is 78.3 Å². The number of pyridine rings is 2. The molecule has 2 heterocycles. The van der Waals surface area contributed by atoms with Crippen LogP contribution in [0.15, 0.2) is 36.4 Å². The lowest BCUT2D eigenvalue weighted by Crippen LogP contribution is -2.16. The maximum Gasteiger partial charge on any atom is 0.0968 e. The summed E-state index contributed by atoms with van der Waals surface area (Å²) in [5, 5.41) is 9.40. The molecule has 3 aromatic rings. The van der Waals surface area contributed by atoms with Crippen LogP contribution < -0.4 is 10.6 Å². The van der Waals surface area contributed by atoms with Gasteiger partial charge in [0, 0.05) is 23.9 Å². The van der Waals surface area contributed by atoms with Crippen LogP contribution in [0.2, 0.25) is 0 Å². The lowest BCUT2D eigenvalue weighted by molar-refractivity contribution is 0.594. The molecular formula is C26H38N4. The van der Waals surface area contributed by atoms with Gasteiger partial charge in [-0.2, -0.15) is 0 Å². The maximum absolute atomic E-state index is 4.96. The fourth-order valence-electron chi connectivity index (χ4n) is 3.83. The van der Waals surface area contributed by atoms with Gasteiger partial charge in [0.25, 0.3) is 0 Å². The predicted octanol–water partition coefficient (Wildman–Crippen LogP) is 6.12. The molecule has 0 aliphatic rings. The van der Waals surface area contributed by atoms with Gasteiger partial charge in [-0.3, -0.25) is 0 Å². The molecule has 0 saturated heterocycles. The Hall–Kier alpha value is -2.04. The van der Waals surface area contributed by atoms with Gasteiger partial charge in [0.05, 0.1) is 22.4 Å². The van der Waals surface area contributed by atoms with E-state index in [0.29, 0.717) is 0 Å². The number of hydrogen-bond donors (Lipinski definition) is 2. The Morgan fingerprint density at radius 3 is 1.43 bits per heavy atom. The van der Waals surface area contributed by atoms with E-state index in [0.717, 1.165) is 59.4 Å². The van der Waals surface area contributed by atoms with Crippen molar-refractivity contribution in [2.24, 2.45) is 0 Å². The summed E-state index contributed by atoms with van der Waals surface area (Å²) < 4.78 is 0. The molecule has 2 aromatic heterocycles. The monoisotopic (exact) mass is 406 g/mol. The summed E-state index contributed by atoms with van der Waals surface area (Å²) in [6.07, 6.45) is 10.3. The molecule has 0 fully saturated rings. The van der Waals surface area contributed by atoms with Crippen molar-refractivity contribution in [3.8, 4) is 0 Å². The van der Waals surface area contributed by atoms with Crippen LogP contribution in [0.4, 0.5) is 0 Å². The van der Waals surface area contributed by atoms with Crippen molar-refractivity contribution in [2.75, 3.05) is 13.1 Å². The van der Waals surface area contributed by atoms with E-state index in [1.165, 1.54) is 51.4 Å². The van der Waals surface area contributed by atoms with E-state index in [4.69, 9.17) is 9.97 Å². The zero-order chi connectivity index (χ0) is 21.0. The first kappa shape index (κ1) is 22.6. The third kappa shape index (κ3) is 6.75. The van der Waals surface area contributed by atoms with E-state index in [-0.39, 0.29) is 0 Å². The first-order valence-electron chi connectivity index (χ1n) is 11.9. The highest BCUT2D eigenvalue weighted by Gasteiger charge is 2.06. The van der Waals surface area contributed by atoms with E-state index < -0.39 is 0 Å². The van der Waals surface area contributed by atoms with Crippen molar-refractivity contribution in [1.82, 2.24) is 20.6 Å². The van der Waals surface area contributed by atoms with Gasteiger partial charge in [-0.1, -0.05) is 76.6 Å². The molecule has 162 valence electrons. The van der Waals surface area contributed by atoms with Crippen LogP contribution in [0.3, 0.4) is 0 Å². The van der Waals surface area contributed by atoms with Gasteiger partial charge >= 0.3 is 0 Å². The fourth-order valence-corrected chi connectivity index (χ4v) is 3.83. The van der Waals surface area contributed by atoms with Crippen LogP contribution in [-0.2, 0) is 13.1 Å². The van der Waals surface area contributed by atoms with Gasteiger partial charge < -0.3 is 10.6 Å². The summed E-state index contributed by atoms with van der Waals surface area (Å²) in [5.41, 5.74) is 4.21. The molecule has 4 heteroatoms. The SMILES string of the molecule is CCCCCCNCc1ccc2ccc3ccc(CNCCCCCC)nc3c2n1. The van der Waals surface area contributed by atoms with E-state index in [1.54, 1.807) is 0 Å². The van der Waals surface area contributed by atoms with E-state index in [9.17, 15) is 0 Å². The molecule has 1 aromatic carbocycles. The number of unbranched alkanes of at least 4 members (excludes halogenated alkanes) is 6. The minimum atomic E-state index is 0.817. The van der Waals surface area contributed by atoms with Gasteiger partial charge in [-0.15, -0.1) is 0 Å². The number of aromatic nitrogens is 2. The third-order valence-corrected chi connectivity index (χ3v) is 5.66. The molecule has 4 nitrogen and oxygen atoms in total. The molecule has 0 bridgehead atoms. The van der Waals surface area contributed by atoms with Crippen molar-refractivity contribution < 1.29 is 0 Å². The number of nitrogens with one attached hydrogen (secondary N) is 2. The zero-order valence-electron chi connectivity index (χ0n) is 18.8. The summed E-state index contributed by atoms with van der Waals surface area (Å²) in [6.45, 7) is 8.25. The zero-order valence-corrected chi connectivity index (χ0v) is 18.8. The molecule has 0 amide bonds. The Labute approximate surface area is 181 Å². The van der Waals surface area contributed by atoms with Crippen LogP contribution in [0.5, 0.6) is 0 Å². The minimum Gasteiger partial charge on any atom is -0.311 e. The number of rotatable bonds is 14. The average Bonchev–Trinajstić information content (AvgIpc) is 2.78. The van der Waals surface area contributed by atoms with Gasteiger partial charge in [-0.25, -0.2) is 9.97 Å². The highest BCUT2D eigenvalue weighted by molar-refractivity contribution is 6.02. The van der Waals surface area contributed by atoms with Crippen LogP contribution in [-0.4, -0.2) is 23.1 Å². The van der Waals surface area contributed by atoms with Crippen molar-refractivity contribution in [3.63, 3.8) is 0 Å². The Balaban J connectivity index is 1.65. The summed E-state index contributed by atoms with van der Waals surface area (Å²) in [5.74, 6) is 0. The number of fused-ring (bicyclic) bond motifs is 3. The lowest BCUT2D eigenvalue weighted by atomic mass is 10.1. The highest BCUT2D eigenvalue weighted by Crippen LogP contribution is 2.23. The first-order valence-corrected chi connectivity index (χ1v) is 11.9. The highest BCUT2D eigenvalue weighted by atomic mass is 14.9. The van der Waals surface area contributed by atoms with Gasteiger partial charge in [0.2, 0.25) is 0 Å². The summed E-state index contributed by atoms with van der Waals surface area (Å²) in [7, 11) is 0. The van der Waals surface area contributed by atoms with E-state index >= 15 is 0 Å². The van der Waals surface area contributed by atoms with E-state index in [2.05, 4.69) is 60.9 Å². The molecular weight excluding hydrogens is 368 g/mol. The lowest BCUT2D eigenvalue weighted by Gasteiger charge is -2.09. The molecule has 0 aliphatic heterocycles. The molecule has 0 spiro atoms. The summed E-state index contributed by atoms with van der Waals surface area (Å²) >= 11 is 0. The van der Waals surface area contributed by atoms with Crippen molar-refractivity contribution >= 4 is 21.8 Å². The second kappa shape index (κ2) is 12.6. The first-order chi connectivity index (χ1) is 14.8. The molecule has 3 rings (SSSR count). The topological polar surface area (TPSA) is 49.8 Å². The Kier molecular flexibility index (Phi) is 9.52. The van der Waals surface area contributed by atoms with Crippen LogP contribution in [0.1, 0.15) is 76.6 Å². The molecule has 0 aliphatic carbocycles. The van der Waals surface area contributed by atoms with Gasteiger partial charge in [0.15, 0.2) is 0 Å².